The number of rotatable bonds is 5. The Balaban J connectivity index is 0.000000681. The Morgan fingerprint density at radius 1 is 1.18 bits per heavy atom. The highest BCUT2D eigenvalue weighted by Gasteiger charge is 2.26. The second-order valence-electron chi connectivity index (χ2n) is 9.67. The van der Waals surface area contributed by atoms with E-state index in [4.69, 9.17) is 15.8 Å². The lowest BCUT2D eigenvalue weighted by Crippen LogP contribution is -2.44. The van der Waals surface area contributed by atoms with E-state index in [9.17, 15) is 14.4 Å². The summed E-state index contributed by atoms with van der Waals surface area (Å²) in [6, 6.07) is 7.71. The summed E-state index contributed by atoms with van der Waals surface area (Å²) < 4.78 is 4.39. The molecule has 12 nitrogen and oxygen atoms in total. The van der Waals surface area contributed by atoms with Gasteiger partial charge in [0, 0.05) is 43.7 Å². The lowest BCUT2D eigenvalue weighted by molar-refractivity contribution is -0.136. The first-order chi connectivity index (χ1) is 19.2. The predicted octanol–water partition coefficient (Wildman–Crippen LogP) is 1.63. The number of aryl methyl sites for hydroxylation is 2. The quantitative estimate of drug-likeness (QED) is 0.355. The average molecular weight is 547 g/mol. The molecule has 1 aliphatic rings. The molecule has 0 spiro atoms. The fraction of sp³-hybridized carbons (Fsp3) is 0.429. The predicted molar refractivity (Wildman–Crippen MR) is 153 cm³/mol. The third-order valence-corrected chi connectivity index (χ3v) is 6.81. The van der Waals surface area contributed by atoms with Crippen LogP contribution in [0.3, 0.4) is 0 Å². The molecule has 4 heterocycles. The molecule has 0 saturated carbocycles. The summed E-state index contributed by atoms with van der Waals surface area (Å²) in [5.41, 5.74) is 7.54. The van der Waals surface area contributed by atoms with Crippen LogP contribution in [0.4, 0.5) is 5.95 Å². The molecule has 0 aliphatic carbocycles. The molecule has 3 N–H and O–H groups in total. The normalized spacial score (nSPS) is 14.9. The van der Waals surface area contributed by atoms with Crippen LogP contribution in [0.1, 0.15) is 44.6 Å². The van der Waals surface area contributed by atoms with Crippen LogP contribution in [0.15, 0.2) is 33.9 Å². The number of aromatic nitrogens is 6. The van der Waals surface area contributed by atoms with E-state index in [1.165, 1.54) is 9.13 Å². The van der Waals surface area contributed by atoms with E-state index in [2.05, 4.69) is 26.7 Å². The number of carbonyl (C=O) groups is 1. The molecular weight excluding hydrogens is 512 g/mol. The number of hydrogen-bond donors (Lipinski definition) is 2. The van der Waals surface area contributed by atoms with Crippen molar-refractivity contribution in [3.05, 3.63) is 56.6 Å². The summed E-state index contributed by atoms with van der Waals surface area (Å²) in [5.74, 6) is 6.21. The number of nitrogens with zero attached hydrogens (tertiary/aromatic N) is 7. The highest BCUT2D eigenvalue weighted by Crippen LogP contribution is 2.23. The second-order valence-corrected chi connectivity index (χ2v) is 9.67. The van der Waals surface area contributed by atoms with Crippen LogP contribution in [-0.4, -0.2) is 58.9 Å². The molecule has 3 aromatic heterocycles. The maximum Gasteiger partial charge on any atom is 0.332 e. The number of carboxylic acid groups (broad SMARTS) is 1. The summed E-state index contributed by atoms with van der Waals surface area (Å²) >= 11 is 0. The van der Waals surface area contributed by atoms with Gasteiger partial charge in [-0.3, -0.25) is 23.3 Å². The van der Waals surface area contributed by atoms with Gasteiger partial charge in [-0.15, -0.1) is 5.92 Å². The van der Waals surface area contributed by atoms with E-state index in [1.54, 1.807) is 25.5 Å². The van der Waals surface area contributed by atoms with Crippen molar-refractivity contribution in [1.29, 1.82) is 0 Å². The first kappa shape index (κ1) is 28.5. The minimum absolute atomic E-state index is 0.0306. The summed E-state index contributed by atoms with van der Waals surface area (Å²) in [6.45, 7) is 6.91. The van der Waals surface area contributed by atoms with E-state index in [0.717, 1.165) is 36.0 Å². The zero-order valence-electron chi connectivity index (χ0n) is 23.2. The zero-order chi connectivity index (χ0) is 29.0. The van der Waals surface area contributed by atoms with Gasteiger partial charge in [-0.25, -0.2) is 14.8 Å². The van der Waals surface area contributed by atoms with Crippen LogP contribution in [0.25, 0.3) is 22.1 Å². The van der Waals surface area contributed by atoms with Gasteiger partial charge in [0.05, 0.1) is 18.6 Å². The number of aliphatic carboxylic acids is 1. The number of fused-ring (bicyclic) bond motifs is 2. The summed E-state index contributed by atoms with van der Waals surface area (Å²) in [4.78, 5) is 52.4. The number of piperidine rings is 1. The fourth-order valence-electron chi connectivity index (χ4n) is 4.75. The number of hydrogen-bond acceptors (Lipinski definition) is 8. The molecule has 0 amide bonds. The Hall–Kier alpha value is -4.50. The largest absolute Gasteiger partial charge is 0.481 e. The molecule has 40 heavy (non-hydrogen) atoms. The van der Waals surface area contributed by atoms with Gasteiger partial charge in [-0.05, 0) is 32.8 Å². The van der Waals surface area contributed by atoms with Crippen LogP contribution in [0.2, 0.25) is 0 Å². The number of anilines is 1. The van der Waals surface area contributed by atoms with E-state index in [-0.39, 0.29) is 25.6 Å². The van der Waals surface area contributed by atoms with Gasteiger partial charge in [0.15, 0.2) is 11.2 Å². The minimum atomic E-state index is -0.745. The molecule has 0 unspecified atom stereocenters. The molecule has 1 aliphatic heterocycles. The Bertz CT molecular complexity index is 1740. The molecule has 0 radical (unpaired) electrons. The molecule has 1 atom stereocenters. The highest BCUT2D eigenvalue weighted by molar-refractivity contribution is 5.80. The fourth-order valence-corrected chi connectivity index (χ4v) is 4.75. The molecule has 12 heteroatoms. The Labute approximate surface area is 231 Å². The molecule has 1 fully saturated rings. The molecule has 1 aromatic carbocycles. The van der Waals surface area contributed by atoms with Crippen molar-refractivity contribution in [1.82, 2.24) is 28.7 Å². The molecule has 4 aromatic rings. The molecule has 5 rings (SSSR count). The Morgan fingerprint density at radius 3 is 2.58 bits per heavy atom. The standard InChI is InChI=1S/C25H28N8O2.C3H6O2/c1-4-5-13-32-21-22(29-24(32)31-12-8-9-17(26)14-31)30(3)25(35)33(23(21)34)15-20-27-16(2)18-10-6-7-11-19(18)28-20;1-2-3(4)5/h6-7,10-11,17H,8-9,12-15,26H2,1-3H3;2H2,1H3,(H,4,5)/t17-;/m1./s1. The number of imidazole rings is 1. The summed E-state index contributed by atoms with van der Waals surface area (Å²) in [7, 11) is 1.63. The third-order valence-electron chi connectivity index (χ3n) is 6.81. The van der Waals surface area contributed by atoms with Gasteiger partial charge >= 0.3 is 11.7 Å². The highest BCUT2D eigenvalue weighted by atomic mass is 16.4. The van der Waals surface area contributed by atoms with Crippen molar-refractivity contribution in [2.75, 3.05) is 18.0 Å². The van der Waals surface area contributed by atoms with Gasteiger partial charge in [0.2, 0.25) is 5.95 Å². The van der Waals surface area contributed by atoms with Crippen LogP contribution in [-0.2, 0) is 24.9 Å². The van der Waals surface area contributed by atoms with Gasteiger partial charge < -0.3 is 15.7 Å². The maximum atomic E-state index is 13.7. The van der Waals surface area contributed by atoms with Crippen LogP contribution in [0.5, 0.6) is 0 Å². The number of carboxylic acids is 1. The first-order valence-corrected chi connectivity index (χ1v) is 13.2. The monoisotopic (exact) mass is 546 g/mol. The van der Waals surface area contributed by atoms with Crippen LogP contribution < -0.4 is 21.9 Å². The Kier molecular flexibility index (Phi) is 8.64. The summed E-state index contributed by atoms with van der Waals surface area (Å²) in [5, 5.41) is 8.66. The van der Waals surface area contributed by atoms with Gasteiger partial charge in [0.25, 0.3) is 5.56 Å². The van der Waals surface area contributed by atoms with Crippen molar-refractivity contribution < 1.29 is 9.90 Å². The van der Waals surface area contributed by atoms with Crippen LogP contribution >= 0.6 is 0 Å². The Morgan fingerprint density at radius 2 is 1.90 bits per heavy atom. The molecular formula is C28H34N8O4. The smallest absolute Gasteiger partial charge is 0.332 e. The van der Waals surface area contributed by atoms with E-state index < -0.39 is 17.2 Å². The SMILES string of the molecule is CC#CCn1c(N2CCC[C@@H](N)C2)nc2c1c(=O)n(Cc1nc(C)c3ccccc3n1)c(=O)n2C.CCC(=O)O. The maximum absolute atomic E-state index is 13.7. The van der Waals surface area contributed by atoms with E-state index >= 15 is 0 Å². The topological polar surface area (TPSA) is 154 Å². The van der Waals surface area contributed by atoms with Crippen molar-refractivity contribution in [3.8, 4) is 11.8 Å². The third kappa shape index (κ3) is 5.74. The van der Waals surface area contributed by atoms with Crippen molar-refractivity contribution in [3.63, 3.8) is 0 Å². The van der Waals surface area contributed by atoms with Crippen LogP contribution in [0, 0.1) is 18.8 Å². The van der Waals surface area contributed by atoms with Crippen molar-refractivity contribution in [2.45, 2.75) is 59.2 Å². The molecule has 1 saturated heterocycles. The number of nitrogens with two attached hydrogens (primary N) is 1. The van der Waals surface area contributed by atoms with E-state index in [0.29, 0.717) is 29.5 Å². The molecule has 210 valence electrons. The van der Waals surface area contributed by atoms with E-state index in [1.807, 2.05) is 31.2 Å². The van der Waals surface area contributed by atoms with Gasteiger partial charge in [0.1, 0.15) is 5.82 Å². The molecule has 0 bridgehead atoms. The lowest BCUT2D eigenvalue weighted by atomic mass is 10.1. The number of benzene rings is 1. The zero-order valence-corrected chi connectivity index (χ0v) is 23.2. The summed E-state index contributed by atoms with van der Waals surface area (Å²) in [6.07, 6.45) is 2.10. The second kappa shape index (κ2) is 12.1. The van der Waals surface area contributed by atoms with Gasteiger partial charge in [-0.2, -0.15) is 4.98 Å². The minimum Gasteiger partial charge on any atom is -0.481 e. The van der Waals surface area contributed by atoms with Crippen molar-refractivity contribution in [2.24, 2.45) is 12.8 Å². The van der Waals surface area contributed by atoms with Gasteiger partial charge in [-0.1, -0.05) is 31.0 Å². The number of para-hydroxylation sites is 1. The first-order valence-electron chi connectivity index (χ1n) is 13.2. The average Bonchev–Trinajstić information content (AvgIpc) is 3.33. The lowest BCUT2D eigenvalue weighted by Gasteiger charge is -2.31. The van der Waals surface area contributed by atoms with Crippen molar-refractivity contribution >= 4 is 34.0 Å².